The van der Waals surface area contributed by atoms with Crippen LogP contribution in [0.5, 0.6) is 0 Å². The van der Waals surface area contributed by atoms with Gasteiger partial charge in [-0.2, -0.15) is 0 Å². The molecule has 0 aliphatic heterocycles. The molecule has 0 heterocycles. The minimum atomic E-state index is 0.585. The van der Waals surface area contributed by atoms with Gasteiger partial charge in [0.2, 0.25) is 6.41 Å². The van der Waals surface area contributed by atoms with E-state index in [9.17, 15) is 4.79 Å². The van der Waals surface area contributed by atoms with Gasteiger partial charge in [0.05, 0.1) is 7.11 Å². The second kappa shape index (κ2) is 7.75. The van der Waals surface area contributed by atoms with Crippen LogP contribution in [0.1, 0.15) is 25.0 Å². The van der Waals surface area contributed by atoms with Crippen LogP contribution in [0.3, 0.4) is 0 Å². The fraction of sp³-hybridized carbons (Fsp3) is 0.312. The molecule has 1 aromatic rings. The Hall–Kier alpha value is -1.74. The second-order valence-corrected chi connectivity index (χ2v) is 4.73. The molecule has 0 atom stereocenters. The third-order valence-corrected chi connectivity index (χ3v) is 3.28. The number of allylic oxidation sites excluding steroid dienone is 2. The molecule has 20 heavy (non-hydrogen) atoms. The molecule has 0 saturated heterocycles. The SMILES string of the molecule is C/C=C(\C(=C/N(C=O)CC)OC)c1cc(Cl)ccc1C. The fourth-order valence-electron chi connectivity index (χ4n) is 1.89. The lowest BCUT2D eigenvalue weighted by molar-refractivity contribution is -0.115. The van der Waals surface area contributed by atoms with Crippen LogP contribution in [0.15, 0.2) is 36.2 Å². The van der Waals surface area contributed by atoms with Gasteiger partial charge in [-0.05, 0) is 44.0 Å². The summed E-state index contributed by atoms with van der Waals surface area (Å²) in [6.07, 6.45) is 4.42. The molecule has 0 aliphatic carbocycles. The number of hydrogen-bond acceptors (Lipinski definition) is 2. The largest absolute Gasteiger partial charge is 0.495 e. The molecule has 0 aliphatic rings. The van der Waals surface area contributed by atoms with Gasteiger partial charge in [-0.15, -0.1) is 0 Å². The van der Waals surface area contributed by atoms with Crippen molar-refractivity contribution >= 4 is 23.6 Å². The second-order valence-electron chi connectivity index (χ2n) is 4.29. The highest BCUT2D eigenvalue weighted by molar-refractivity contribution is 6.30. The third kappa shape index (κ3) is 3.87. The zero-order valence-corrected chi connectivity index (χ0v) is 13.1. The average Bonchev–Trinajstić information content (AvgIpc) is 2.46. The zero-order chi connectivity index (χ0) is 15.1. The van der Waals surface area contributed by atoms with E-state index in [1.54, 1.807) is 13.3 Å². The Morgan fingerprint density at radius 1 is 1.45 bits per heavy atom. The first-order chi connectivity index (χ1) is 9.57. The van der Waals surface area contributed by atoms with Crippen molar-refractivity contribution in [2.45, 2.75) is 20.8 Å². The highest BCUT2D eigenvalue weighted by Crippen LogP contribution is 2.29. The van der Waals surface area contributed by atoms with Gasteiger partial charge < -0.3 is 9.64 Å². The third-order valence-electron chi connectivity index (χ3n) is 3.05. The van der Waals surface area contributed by atoms with Crippen LogP contribution in [0.2, 0.25) is 5.02 Å². The van der Waals surface area contributed by atoms with Crippen molar-refractivity contribution in [1.82, 2.24) is 4.90 Å². The molecule has 0 N–H and O–H groups in total. The maximum atomic E-state index is 10.9. The van der Waals surface area contributed by atoms with Crippen LogP contribution in [0.4, 0.5) is 0 Å². The molecule has 0 bridgehead atoms. The average molecular weight is 294 g/mol. The molecule has 0 radical (unpaired) electrons. The molecule has 0 aromatic heterocycles. The smallest absolute Gasteiger partial charge is 0.213 e. The van der Waals surface area contributed by atoms with E-state index in [2.05, 4.69) is 0 Å². The van der Waals surface area contributed by atoms with E-state index in [0.717, 1.165) is 23.1 Å². The van der Waals surface area contributed by atoms with Crippen LogP contribution in [-0.2, 0) is 9.53 Å². The van der Waals surface area contributed by atoms with E-state index in [4.69, 9.17) is 16.3 Å². The van der Waals surface area contributed by atoms with Gasteiger partial charge in [-0.3, -0.25) is 4.79 Å². The van der Waals surface area contributed by atoms with Crippen LogP contribution < -0.4 is 0 Å². The maximum Gasteiger partial charge on any atom is 0.213 e. The van der Waals surface area contributed by atoms with E-state index < -0.39 is 0 Å². The zero-order valence-electron chi connectivity index (χ0n) is 12.3. The van der Waals surface area contributed by atoms with Crippen molar-refractivity contribution in [3.8, 4) is 0 Å². The van der Waals surface area contributed by atoms with Crippen molar-refractivity contribution < 1.29 is 9.53 Å². The summed E-state index contributed by atoms with van der Waals surface area (Å²) in [5.41, 5.74) is 3.00. The van der Waals surface area contributed by atoms with Gasteiger partial charge in [0.25, 0.3) is 0 Å². The molecular formula is C16H20ClNO2. The van der Waals surface area contributed by atoms with Crippen LogP contribution in [0.25, 0.3) is 5.57 Å². The first kappa shape index (κ1) is 16.3. The van der Waals surface area contributed by atoms with Gasteiger partial charge in [0.1, 0.15) is 5.76 Å². The van der Waals surface area contributed by atoms with Gasteiger partial charge in [0, 0.05) is 23.3 Å². The Morgan fingerprint density at radius 2 is 2.15 bits per heavy atom. The summed E-state index contributed by atoms with van der Waals surface area (Å²) in [7, 11) is 1.59. The van der Waals surface area contributed by atoms with E-state index in [-0.39, 0.29) is 0 Å². The van der Waals surface area contributed by atoms with Crippen LogP contribution >= 0.6 is 11.6 Å². The lowest BCUT2D eigenvalue weighted by Crippen LogP contribution is -2.15. The number of hydrogen-bond donors (Lipinski definition) is 0. The van der Waals surface area contributed by atoms with E-state index in [1.165, 1.54) is 4.90 Å². The standard InChI is InChI=1S/C16H20ClNO2/c1-5-14(15-9-13(17)8-7-12(15)3)16(20-4)10-18(6-2)11-19/h5,7-11H,6H2,1-4H3/b14-5-,16-10+. The van der Waals surface area contributed by atoms with E-state index in [0.29, 0.717) is 17.3 Å². The quantitative estimate of drug-likeness (QED) is 0.450. The predicted molar refractivity (Wildman–Crippen MR) is 83.4 cm³/mol. The summed E-state index contributed by atoms with van der Waals surface area (Å²) >= 11 is 6.07. The summed E-state index contributed by atoms with van der Waals surface area (Å²) in [6.45, 7) is 6.43. The summed E-state index contributed by atoms with van der Waals surface area (Å²) in [5, 5.41) is 0.670. The van der Waals surface area contributed by atoms with Crippen molar-refractivity contribution in [3.05, 3.63) is 52.4 Å². The summed E-state index contributed by atoms with van der Waals surface area (Å²) in [6, 6.07) is 5.72. The molecule has 0 fully saturated rings. The number of methoxy groups -OCH3 is 1. The Morgan fingerprint density at radius 3 is 2.65 bits per heavy atom. The van der Waals surface area contributed by atoms with Gasteiger partial charge >= 0.3 is 0 Å². The molecule has 4 heteroatoms. The van der Waals surface area contributed by atoms with Crippen LogP contribution in [0, 0.1) is 6.92 Å². The monoisotopic (exact) mass is 293 g/mol. The van der Waals surface area contributed by atoms with Crippen molar-refractivity contribution in [1.29, 1.82) is 0 Å². The highest BCUT2D eigenvalue weighted by atomic mass is 35.5. The molecule has 0 spiro atoms. The van der Waals surface area contributed by atoms with Crippen LogP contribution in [-0.4, -0.2) is 25.0 Å². The van der Waals surface area contributed by atoms with Crippen molar-refractivity contribution in [2.24, 2.45) is 0 Å². The number of carbonyl (C=O) groups is 1. The number of aryl methyl sites for hydroxylation is 1. The predicted octanol–water partition coefficient (Wildman–Crippen LogP) is 4.02. The molecular weight excluding hydrogens is 274 g/mol. The van der Waals surface area contributed by atoms with Gasteiger partial charge in [0.15, 0.2) is 0 Å². The van der Waals surface area contributed by atoms with E-state index in [1.807, 2.05) is 45.0 Å². The number of nitrogens with zero attached hydrogens (tertiary/aromatic N) is 1. The highest BCUT2D eigenvalue weighted by Gasteiger charge is 2.12. The van der Waals surface area contributed by atoms with Gasteiger partial charge in [-0.25, -0.2) is 0 Å². The molecule has 108 valence electrons. The Bertz CT molecular complexity index is 535. The van der Waals surface area contributed by atoms with Crippen molar-refractivity contribution in [3.63, 3.8) is 0 Å². The summed E-state index contributed by atoms with van der Waals surface area (Å²) < 4.78 is 5.44. The first-order valence-corrected chi connectivity index (χ1v) is 6.85. The molecule has 3 nitrogen and oxygen atoms in total. The molecule has 0 unspecified atom stereocenters. The normalized spacial score (nSPS) is 12.2. The number of benzene rings is 1. The fourth-order valence-corrected chi connectivity index (χ4v) is 2.07. The van der Waals surface area contributed by atoms with E-state index >= 15 is 0 Å². The number of halogens is 1. The lowest BCUT2D eigenvalue weighted by Gasteiger charge is -2.17. The number of amides is 1. The number of ether oxygens (including phenoxy) is 1. The molecule has 1 rings (SSSR count). The van der Waals surface area contributed by atoms with Crippen molar-refractivity contribution in [2.75, 3.05) is 13.7 Å². The summed E-state index contributed by atoms with van der Waals surface area (Å²) in [5.74, 6) is 0.631. The lowest BCUT2D eigenvalue weighted by atomic mass is 9.99. The summed E-state index contributed by atoms with van der Waals surface area (Å²) in [4.78, 5) is 12.5. The number of rotatable bonds is 6. The minimum Gasteiger partial charge on any atom is -0.495 e. The van der Waals surface area contributed by atoms with Gasteiger partial charge in [-0.1, -0.05) is 23.7 Å². The minimum absolute atomic E-state index is 0.585. The Balaban J connectivity index is 3.30. The topological polar surface area (TPSA) is 29.5 Å². The molecule has 0 saturated carbocycles. The number of carbonyl (C=O) groups excluding carboxylic acids is 1. The molecule has 1 aromatic carbocycles. The Kier molecular flexibility index (Phi) is 6.32. The molecule has 1 amide bonds. The maximum absolute atomic E-state index is 10.9. The Labute approximate surface area is 125 Å². The first-order valence-electron chi connectivity index (χ1n) is 6.47.